The molecule has 3 rings (SSSR count). The van der Waals surface area contributed by atoms with Crippen molar-refractivity contribution in [3.63, 3.8) is 0 Å². The summed E-state index contributed by atoms with van der Waals surface area (Å²) < 4.78 is 17.5. The maximum absolute atomic E-state index is 9.66. The minimum Gasteiger partial charge on any atom is -0.368 e. The summed E-state index contributed by atoms with van der Waals surface area (Å²) >= 11 is 0. The molecule has 4 atom stereocenters. The number of unbranched alkanes of at least 4 members (excludes halogenated alkanes) is 4. The molecule has 4 unspecified atom stereocenters. The van der Waals surface area contributed by atoms with Crippen molar-refractivity contribution in [2.24, 2.45) is 11.8 Å². The number of aliphatic hydroxyl groups excluding tert-OH is 1. The Kier molecular flexibility index (Phi) is 6.13. The summed E-state index contributed by atoms with van der Waals surface area (Å²) in [6.07, 6.45) is 14.1. The molecule has 2 fully saturated rings. The van der Waals surface area contributed by atoms with Gasteiger partial charge in [0.2, 0.25) is 0 Å². The fourth-order valence-corrected chi connectivity index (χ4v) is 4.31. The van der Waals surface area contributed by atoms with E-state index in [1.54, 1.807) is 0 Å². The fraction of sp³-hybridized carbons (Fsp3) is 0.895. The lowest BCUT2D eigenvalue weighted by Crippen LogP contribution is -2.31. The van der Waals surface area contributed by atoms with Crippen molar-refractivity contribution >= 4 is 0 Å². The van der Waals surface area contributed by atoms with Crippen LogP contribution in [-0.2, 0) is 14.2 Å². The second kappa shape index (κ2) is 8.11. The first kappa shape index (κ1) is 17.4. The lowest BCUT2D eigenvalue weighted by molar-refractivity contribution is -0.170. The molecular formula is C19H32O4. The standard InChI is InChI=1S/C19H32O4/c1-2-3-4-5-6-10-19(21-12-13-22-19)11-9-15-7-8-17-16(15)14-18(20)23-17/h7-8,15-18,20H,2-6,9-14H2,1H3. The van der Waals surface area contributed by atoms with Gasteiger partial charge in [0.05, 0.1) is 19.3 Å². The number of ether oxygens (including phenoxy) is 3. The highest BCUT2D eigenvalue weighted by Gasteiger charge is 2.42. The third-order valence-electron chi connectivity index (χ3n) is 5.64. The van der Waals surface area contributed by atoms with Gasteiger partial charge in [0.25, 0.3) is 0 Å². The molecule has 0 amide bonds. The molecule has 0 radical (unpaired) electrons. The highest BCUT2D eigenvalue weighted by atomic mass is 16.7. The number of rotatable bonds is 9. The fourth-order valence-electron chi connectivity index (χ4n) is 4.31. The third kappa shape index (κ3) is 4.36. The molecule has 2 aliphatic heterocycles. The quantitative estimate of drug-likeness (QED) is 0.518. The van der Waals surface area contributed by atoms with Crippen LogP contribution in [0.4, 0.5) is 0 Å². The van der Waals surface area contributed by atoms with Crippen molar-refractivity contribution in [2.45, 2.75) is 82.9 Å². The summed E-state index contributed by atoms with van der Waals surface area (Å²) in [5.41, 5.74) is 0. The number of allylic oxidation sites excluding steroid dienone is 1. The van der Waals surface area contributed by atoms with Crippen molar-refractivity contribution < 1.29 is 19.3 Å². The monoisotopic (exact) mass is 324 g/mol. The first-order chi connectivity index (χ1) is 11.2. The van der Waals surface area contributed by atoms with Gasteiger partial charge in [0, 0.05) is 19.3 Å². The predicted molar refractivity (Wildman–Crippen MR) is 88.9 cm³/mol. The molecule has 0 spiro atoms. The lowest BCUT2D eigenvalue weighted by atomic mass is 9.86. The minimum absolute atomic E-state index is 0.116. The van der Waals surface area contributed by atoms with Gasteiger partial charge >= 0.3 is 0 Å². The van der Waals surface area contributed by atoms with Gasteiger partial charge in [-0.3, -0.25) is 0 Å². The second-order valence-electron chi connectivity index (χ2n) is 7.31. The minimum atomic E-state index is -0.580. The first-order valence-corrected chi connectivity index (χ1v) is 9.52. The molecule has 132 valence electrons. The normalized spacial score (nSPS) is 35.0. The first-order valence-electron chi connectivity index (χ1n) is 9.52. The Hall–Kier alpha value is -0.420. The largest absolute Gasteiger partial charge is 0.368 e. The SMILES string of the molecule is CCCCCCCC1(CCC2C=CC3OC(O)CC23)OCCO1. The molecule has 0 aromatic rings. The van der Waals surface area contributed by atoms with Crippen LogP contribution >= 0.6 is 0 Å². The van der Waals surface area contributed by atoms with E-state index in [1.807, 2.05) is 0 Å². The smallest absolute Gasteiger partial charge is 0.168 e. The molecule has 2 saturated heterocycles. The molecule has 0 aromatic carbocycles. The van der Waals surface area contributed by atoms with Crippen molar-refractivity contribution in [3.8, 4) is 0 Å². The topological polar surface area (TPSA) is 47.9 Å². The van der Waals surface area contributed by atoms with Gasteiger partial charge in [-0.1, -0.05) is 44.8 Å². The van der Waals surface area contributed by atoms with Crippen molar-refractivity contribution in [1.29, 1.82) is 0 Å². The van der Waals surface area contributed by atoms with Crippen LogP contribution in [0.3, 0.4) is 0 Å². The van der Waals surface area contributed by atoms with Gasteiger partial charge in [-0.25, -0.2) is 0 Å². The summed E-state index contributed by atoms with van der Waals surface area (Å²) in [5.74, 6) is 0.575. The highest BCUT2D eigenvalue weighted by molar-refractivity contribution is 5.10. The highest BCUT2D eigenvalue weighted by Crippen LogP contribution is 2.42. The average Bonchev–Trinajstić information content (AvgIpc) is 3.22. The molecule has 4 heteroatoms. The van der Waals surface area contributed by atoms with E-state index in [2.05, 4.69) is 19.1 Å². The lowest BCUT2D eigenvalue weighted by Gasteiger charge is -2.29. The Labute approximate surface area is 140 Å². The average molecular weight is 324 g/mol. The Morgan fingerprint density at radius 1 is 1.04 bits per heavy atom. The van der Waals surface area contributed by atoms with Gasteiger partial charge in [0.1, 0.15) is 0 Å². The van der Waals surface area contributed by atoms with E-state index >= 15 is 0 Å². The summed E-state index contributed by atoms with van der Waals surface area (Å²) in [6, 6.07) is 0. The molecular weight excluding hydrogens is 292 g/mol. The van der Waals surface area contributed by atoms with Gasteiger partial charge in [-0.2, -0.15) is 0 Å². The molecule has 1 N–H and O–H groups in total. The van der Waals surface area contributed by atoms with Crippen LogP contribution in [0.1, 0.15) is 64.7 Å². The molecule has 0 saturated carbocycles. The van der Waals surface area contributed by atoms with Crippen LogP contribution < -0.4 is 0 Å². The molecule has 23 heavy (non-hydrogen) atoms. The maximum Gasteiger partial charge on any atom is 0.168 e. The predicted octanol–water partition coefficient (Wildman–Crippen LogP) is 3.78. The molecule has 2 heterocycles. The molecule has 3 aliphatic rings. The van der Waals surface area contributed by atoms with Crippen LogP contribution in [0, 0.1) is 11.8 Å². The summed E-state index contributed by atoms with van der Waals surface area (Å²) in [7, 11) is 0. The summed E-state index contributed by atoms with van der Waals surface area (Å²) in [5, 5.41) is 9.66. The van der Waals surface area contributed by atoms with Crippen LogP contribution in [0.25, 0.3) is 0 Å². The van der Waals surface area contributed by atoms with E-state index in [-0.39, 0.29) is 11.9 Å². The van der Waals surface area contributed by atoms with Crippen molar-refractivity contribution in [3.05, 3.63) is 12.2 Å². The molecule has 1 aliphatic carbocycles. The summed E-state index contributed by atoms with van der Waals surface area (Å²) in [4.78, 5) is 0. The van der Waals surface area contributed by atoms with E-state index in [1.165, 1.54) is 32.1 Å². The Balaban J connectivity index is 1.45. The molecule has 0 aromatic heterocycles. The van der Waals surface area contributed by atoms with Crippen LogP contribution in [0.2, 0.25) is 0 Å². The Bertz CT molecular complexity index is 389. The number of aliphatic hydroxyl groups is 1. The zero-order chi connectivity index (χ0) is 16.1. The zero-order valence-corrected chi connectivity index (χ0v) is 14.4. The van der Waals surface area contributed by atoms with Crippen molar-refractivity contribution in [1.82, 2.24) is 0 Å². The van der Waals surface area contributed by atoms with E-state index in [4.69, 9.17) is 14.2 Å². The van der Waals surface area contributed by atoms with Crippen LogP contribution in [-0.4, -0.2) is 36.5 Å². The van der Waals surface area contributed by atoms with Gasteiger partial charge in [0.15, 0.2) is 12.1 Å². The maximum atomic E-state index is 9.66. The van der Waals surface area contributed by atoms with E-state index in [0.717, 1.165) is 38.9 Å². The second-order valence-corrected chi connectivity index (χ2v) is 7.31. The van der Waals surface area contributed by atoms with Gasteiger partial charge < -0.3 is 19.3 Å². The van der Waals surface area contributed by atoms with E-state index in [9.17, 15) is 5.11 Å². The third-order valence-corrected chi connectivity index (χ3v) is 5.64. The van der Waals surface area contributed by atoms with Gasteiger partial charge in [-0.05, 0) is 24.7 Å². The van der Waals surface area contributed by atoms with Crippen molar-refractivity contribution in [2.75, 3.05) is 13.2 Å². The van der Waals surface area contributed by atoms with Crippen LogP contribution in [0.5, 0.6) is 0 Å². The molecule has 0 bridgehead atoms. The number of fused-ring (bicyclic) bond motifs is 1. The number of hydrogen-bond acceptors (Lipinski definition) is 4. The molecule has 4 nitrogen and oxygen atoms in total. The Morgan fingerprint density at radius 2 is 1.83 bits per heavy atom. The Morgan fingerprint density at radius 3 is 2.61 bits per heavy atom. The zero-order valence-electron chi connectivity index (χ0n) is 14.4. The number of hydrogen-bond donors (Lipinski definition) is 1. The summed E-state index contributed by atoms with van der Waals surface area (Å²) in [6.45, 7) is 3.70. The van der Waals surface area contributed by atoms with Gasteiger partial charge in [-0.15, -0.1) is 0 Å². The van der Waals surface area contributed by atoms with Crippen LogP contribution in [0.15, 0.2) is 12.2 Å². The van der Waals surface area contributed by atoms with E-state index < -0.39 is 6.29 Å². The van der Waals surface area contributed by atoms with E-state index in [0.29, 0.717) is 11.8 Å².